The fourth-order valence-electron chi connectivity index (χ4n) is 1.63. The predicted octanol–water partition coefficient (Wildman–Crippen LogP) is 1.95. The number of hydrogen-bond donors (Lipinski definition) is 3. The van der Waals surface area contributed by atoms with Gasteiger partial charge in [0.15, 0.2) is 11.6 Å². The van der Waals surface area contributed by atoms with Crippen LogP contribution in [0.25, 0.3) is 11.0 Å². The molecule has 108 valence electrons. The summed E-state index contributed by atoms with van der Waals surface area (Å²) in [4.78, 5) is 16.4. The van der Waals surface area contributed by atoms with Gasteiger partial charge in [0.25, 0.3) is 0 Å². The summed E-state index contributed by atoms with van der Waals surface area (Å²) in [5.74, 6) is 0.927. The van der Waals surface area contributed by atoms with Crippen LogP contribution in [0.5, 0.6) is 0 Å². The van der Waals surface area contributed by atoms with Gasteiger partial charge in [-0.25, -0.2) is 9.97 Å². The minimum absolute atomic E-state index is 0.0388. The van der Waals surface area contributed by atoms with Gasteiger partial charge in [-0.3, -0.25) is 0 Å². The molecule has 2 aromatic heterocycles. The van der Waals surface area contributed by atoms with Gasteiger partial charge in [0.2, 0.25) is 10.6 Å². The molecule has 0 atom stereocenters. The summed E-state index contributed by atoms with van der Waals surface area (Å²) in [7, 11) is 0. The Morgan fingerprint density at radius 3 is 1.85 bits per heavy atom. The molecular weight excluding hydrogens is 303 g/mol. The van der Waals surface area contributed by atoms with Gasteiger partial charge in [-0.1, -0.05) is 6.92 Å². The lowest BCUT2D eigenvalue weighted by molar-refractivity contribution is 0.311. The van der Waals surface area contributed by atoms with Crippen molar-refractivity contribution in [2.75, 3.05) is 30.3 Å². The van der Waals surface area contributed by atoms with E-state index in [1.54, 1.807) is 0 Å². The van der Waals surface area contributed by atoms with Gasteiger partial charge in [-0.2, -0.15) is 9.97 Å². The SMILES string of the molecule is CCCNc1nc(Cl)nc2c(NCCO)nc(Cl)nc12. The molecule has 0 radical (unpaired) electrons. The molecule has 20 heavy (non-hydrogen) atoms. The number of fused-ring (bicyclic) bond motifs is 1. The van der Waals surface area contributed by atoms with Crippen LogP contribution in [0.15, 0.2) is 0 Å². The number of nitrogens with zero attached hydrogens (tertiary/aromatic N) is 4. The Morgan fingerprint density at radius 1 is 0.900 bits per heavy atom. The lowest BCUT2D eigenvalue weighted by atomic mass is 10.3. The molecule has 0 amide bonds. The first-order valence-electron chi connectivity index (χ1n) is 6.15. The lowest BCUT2D eigenvalue weighted by Crippen LogP contribution is -2.10. The monoisotopic (exact) mass is 316 g/mol. The largest absolute Gasteiger partial charge is 0.395 e. The maximum absolute atomic E-state index is 8.88. The minimum Gasteiger partial charge on any atom is -0.395 e. The molecule has 0 aliphatic carbocycles. The van der Waals surface area contributed by atoms with Crippen LogP contribution in [-0.4, -0.2) is 44.7 Å². The third-order valence-electron chi connectivity index (χ3n) is 2.44. The second kappa shape index (κ2) is 6.83. The molecule has 0 aromatic carbocycles. The molecule has 0 fully saturated rings. The molecule has 2 aromatic rings. The van der Waals surface area contributed by atoms with Gasteiger partial charge >= 0.3 is 0 Å². The van der Waals surface area contributed by atoms with Gasteiger partial charge in [-0.05, 0) is 29.6 Å². The first-order chi connectivity index (χ1) is 9.65. The Kier molecular flexibility index (Phi) is 5.11. The zero-order chi connectivity index (χ0) is 14.5. The quantitative estimate of drug-likeness (QED) is 0.701. The summed E-state index contributed by atoms with van der Waals surface area (Å²) in [6.07, 6.45) is 0.928. The number of aromatic nitrogens is 4. The number of anilines is 2. The normalized spacial score (nSPS) is 10.8. The Hall–Kier alpha value is -1.44. The van der Waals surface area contributed by atoms with Crippen molar-refractivity contribution >= 4 is 45.9 Å². The average molecular weight is 317 g/mol. The van der Waals surface area contributed by atoms with Crippen LogP contribution in [-0.2, 0) is 0 Å². The highest BCUT2D eigenvalue weighted by molar-refractivity contribution is 6.30. The van der Waals surface area contributed by atoms with E-state index >= 15 is 0 Å². The molecule has 0 saturated carbocycles. The summed E-state index contributed by atoms with van der Waals surface area (Å²) < 4.78 is 0. The Morgan fingerprint density at radius 2 is 1.40 bits per heavy atom. The molecule has 3 N–H and O–H groups in total. The van der Waals surface area contributed by atoms with Crippen LogP contribution < -0.4 is 10.6 Å². The van der Waals surface area contributed by atoms with E-state index in [1.165, 1.54) is 0 Å². The van der Waals surface area contributed by atoms with Gasteiger partial charge in [-0.15, -0.1) is 0 Å². The summed E-state index contributed by atoms with van der Waals surface area (Å²) in [6, 6.07) is 0. The molecule has 2 heterocycles. The topological polar surface area (TPSA) is 95.9 Å². The van der Waals surface area contributed by atoms with Crippen molar-refractivity contribution in [3.63, 3.8) is 0 Å². The van der Waals surface area contributed by atoms with E-state index < -0.39 is 0 Å². The smallest absolute Gasteiger partial charge is 0.225 e. The summed E-state index contributed by atoms with van der Waals surface area (Å²) in [6.45, 7) is 3.04. The highest BCUT2D eigenvalue weighted by Crippen LogP contribution is 2.26. The minimum atomic E-state index is -0.0388. The van der Waals surface area contributed by atoms with E-state index in [1.807, 2.05) is 6.92 Å². The fourth-order valence-corrected chi connectivity index (χ4v) is 1.96. The Bertz CT molecular complexity index is 556. The molecule has 0 spiro atoms. The van der Waals surface area contributed by atoms with E-state index in [9.17, 15) is 0 Å². The van der Waals surface area contributed by atoms with Crippen molar-refractivity contribution in [1.29, 1.82) is 0 Å². The van der Waals surface area contributed by atoms with Crippen LogP contribution in [0, 0.1) is 0 Å². The standard InChI is InChI=1S/C11H14Cl2N6O/c1-2-3-14-8-6-7(17-10(12)18-8)9(15-4-5-20)19-11(13)16-6/h20H,2-5H2,1H3,(H,14,17,18)(H,15,16,19). The van der Waals surface area contributed by atoms with E-state index in [0.717, 1.165) is 13.0 Å². The molecule has 2 rings (SSSR count). The molecule has 0 aliphatic rings. The van der Waals surface area contributed by atoms with Crippen LogP contribution in [0.2, 0.25) is 10.6 Å². The molecular formula is C11H14Cl2N6O. The average Bonchev–Trinajstić information content (AvgIpc) is 2.43. The van der Waals surface area contributed by atoms with Gasteiger partial charge in [0.05, 0.1) is 6.61 Å². The zero-order valence-corrected chi connectivity index (χ0v) is 12.3. The van der Waals surface area contributed by atoms with Crippen molar-refractivity contribution < 1.29 is 5.11 Å². The van der Waals surface area contributed by atoms with Gasteiger partial charge < -0.3 is 15.7 Å². The van der Waals surface area contributed by atoms with Crippen molar-refractivity contribution in [3.05, 3.63) is 10.6 Å². The van der Waals surface area contributed by atoms with Crippen molar-refractivity contribution in [1.82, 2.24) is 19.9 Å². The number of aliphatic hydroxyl groups excluding tert-OH is 1. The molecule has 0 bridgehead atoms. The second-order valence-corrected chi connectivity index (χ2v) is 4.63. The number of hydrogen-bond acceptors (Lipinski definition) is 7. The van der Waals surface area contributed by atoms with Crippen LogP contribution >= 0.6 is 23.2 Å². The highest BCUT2D eigenvalue weighted by atomic mass is 35.5. The van der Waals surface area contributed by atoms with Crippen LogP contribution in [0.4, 0.5) is 11.6 Å². The number of nitrogens with one attached hydrogen (secondary N) is 2. The summed E-state index contributed by atoms with van der Waals surface area (Å²) in [5, 5.41) is 15.1. The third-order valence-corrected chi connectivity index (χ3v) is 2.77. The summed E-state index contributed by atoms with van der Waals surface area (Å²) in [5.41, 5.74) is 0.949. The van der Waals surface area contributed by atoms with E-state index in [2.05, 4.69) is 30.6 Å². The van der Waals surface area contributed by atoms with Crippen LogP contribution in [0.3, 0.4) is 0 Å². The van der Waals surface area contributed by atoms with E-state index in [0.29, 0.717) is 29.2 Å². The predicted molar refractivity (Wildman–Crippen MR) is 79.5 cm³/mol. The number of rotatable bonds is 6. The van der Waals surface area contributed by atoms with E-state index in [-0.39, 0.29) is 17.2 Å². The van der Waals surface area contributed by atoms with Gasteiger partial charge in [0, 0.05) is 13.1 Å². The van der Waals surface area contributed by atoms with Crippen molar-refractivity contribution in [2.24, 2.45) is 0 Å². The maximum atomic E-state index is 8.88. The number of halogens is 2. The zero-order valence-electron chi connectivity index (χ0n) is 10.8. The Labute approximate surface area is 125 Å². The highest BCUT2D eigenvalue weighted by Gasteiger charge is 2.14. The van der Waals surface area contributed by atoms with Gasteiger partial charge in [0.1, 0.15) is 11.0 Å². The molecule has 0 aliphatic heterocycles. The molecule has 7 nitrogen and oxygen atoms in total. The maximum Gasteiger partial charge on any atom is 0.225 e. The lowest BCUT2D eigenvalue weighted by Gasteiger charge is -2.11. The molecule has 0 unspecified atom stereocenters. The first kappa shape index (κ1) is 15.0. The fraction of sp³-hybridized carbons (Fsp3) is 0.455. The summed E-state index contributed by atoms with van der Waals surface area (Å²) >= 11 is 11.8. The first-order valence-corrected chi connectivity index (χ1v) is 6.90. The molecule has 0 saturated heterocycles. The Balaban J connectivity index is 2.55. The third kappa shape index (κ3) is 3.36. The number of aliphatic hydroxyl groups is 1. The van der Waals surface area contributed by atoms with E-state index in [4.69, 9.17) is 28.3 Å². The van der Waals surface area contributed by atoms with Crippen molar-refractivity contribution in [2.45, 2.75) is 13.3 Å². The van der Waals surface area contributed by atoms with Crippen LogP contribution in [0.1, 0.15) is 13.3 Å². The second-order valence-electron chi connectivity index (χ2n) is 3.96. The van der Waals surface area contributed by atoms with Crippen molar-refractivity contribution in [3.8, 4) is 0 Å². The molecule has 9 heteroatoms.